The first kappa shape index (κ1) is 14.9. The molecule has 0 spiro atoms. The van der Waals surface area contributed by atoms with E-state index in [0.29, 0.717) is 10.1 Å². The van der Waals surface area contributed by atoms with Crippen LogP contribution in [0.15, 0.2) is 70.5 Å². The van der Waals surface area contributed by atoms with Crippen molar-refractivity contribution in [3.05, 3.63) is 70.3 Å². The Kier molecular flexibility index (Phi) is 3.97. The smallest absolute Gasteiger partial charge is 0.268 e. The Bertz CT molecular complexity index is 901. The number of thioether (sulfide) groups is 1. The molecule has 24 heavy (non-hydrogen) atoms. The number of amides is 1. The summed E-state index contributed by atoms with van der Waals surface area (Å²) in [5.74, 6) is -0.0913. The van der Waals surface area contributed by atoms with Crippen molar-refractivity contribution in [2.45, 2.75) is 0 Å². The number of para-hydroxylation sites is 1. The first-order chi connectivity index (χ1) is 11.8. The van der Waals surface area contributed by atoms with Gasteiger partial charge in [-0.2, -0.15) is 0 Å². The summed E-state index contributed by atoms with van der Waals surface area (Å²) in [4.78, 5) is 16.2. The molecule has 0 atom stereocenters. The van der Waals surface area contributed by atoms with Crippen LogP contribution in [0.5, 0.6) is 0 Å². The van der Waals surface area contributed by atoms with Crippen molar-refractivity contribution in [1.82, 2.24) is 14.9 Å². The fraction of sp³-hybridized carbons (Fsp3) is 0. The van der Waals surface area contributed by atoms with Crippen LogP contribution >= 0.6 is 23.1 Å². The third-order valence-electron chi connectivity index (χ3n) is 3.24. The number of benzene rings is 1. The molecule has 1 amide bonds. The maximum absolute atomic E-state index is 12.9. The summed E-state index contributed by atoms with van der Waals surface area (Å²) in [6.45, 7) is 0. The predicted molar refractivity (Wildman–Crippen MR) is 96.7 cm³/mol. The minimum atomic E-state index is -0.0913. The Hall–Kier alpha value is -2.71. The lowest BCUT2D eigenvalue weighted by molar-refractivity contribution is -0.113. The molecule has 1 saturated heterocycles. The van der Waals surface area contributed by atoms with Crippen LogP contribution in [0.2, 0.25) is 0 Å². The number of hydrogen-bond donors (Lipinski definition) is 0. The van der Waals surface area contributed by atoms with Gasteiger partial charge < -0.3 is 0 Å². The lowest BCUT2D eigenvalue weighted by atomic mass is 10.3. The fourth-order valence-corrected chi connectivity index (χ4v) is 3.90. The monoisotopic (exact) mass is 353 g/mol. The Balaban J connectivity index is 1.77. The number of carbonyl (C=O) groups is 1. The zero-order chi connectivity index (χ0) is 16.4. The molecule has 0 radical (unpaired) electrons. The fourth-order valence-electron chi connectivity index (χ4n) is 2.19. The van der Waals surface area contributed by atoms with Crippen molar-refractivity contribution in [1.29, 1.82) is 0 Å². The zero-order valence-electron chi connectivity index (χ0n) is 12.3. The average Bonchev–Trinajstić information content (AvgIpc) is 3.33. The lowest BCUT2D eigenvalue weighted by Crippen LogP contribution is -2.29. The van der Waals surface area contributed by atoms with Crippen molar-refractivity contribution in [3.63, 3.8) is 0 Å². The van der Waals surface area contributed by atoms with E-state index in [9.17, 15) is 4.79 Å². The third-order valence-corrected chi connectivity index (χ3v) is 5.02. The normalized spacial score (nSPS) is 18.0. The van der Waals surface area contributed by atoms with Gasteiger partial charge in [0.1, 0.15) is 12.7 Å². The van der Waals surface area contributed by atoms with Gasteiger partial charge >= 0.3 is 0 Å². The molecular formula is C16H11N5OS2. The molecule has 8 heteroatoms. The minimum Gasteiger partial charge on any atom is -0.268 e. The predicted octanol–water partition coefficient (Wildman–Crippen LogP) is 3.28. The molecular weight excluding hydrogens is 342 g/mol. The van der Waals surface area contributed by atoms with Crippen molar-refractivity contribution in [2.75, 3.05) is 4.90 Å². The molecule has 0 N–H and O–H groups in total. The van der Waals surface area contributed by atoms with Crippen molar-refractivity contribution in [2.24, 2.45) is 5.10 Å². The van der Waals surface area contributed by atoms with Gasteiger partial charge in [-0.05, 0) is 41.4 Å². The molecule has 6 nitrogen and oxygen atoms in total. The van der Waals surface area contributed by atoms with Crippen molar-refractivity contribution >= 4 is 45.9 Å². The number of carbonyl (C=O) groups excluding carboxylic acids is 1. The molecule has 3 heterocycles. The molecule has 1 aliphatic rings. The van der Waals surface area contributed by atoms with Gasteiger partial charge in [0.05, 0.1) is 10.6 Å². The van der Waals surface area contributed by atoms with E-state index < -0.39 is 0 Å². The van der Waals surface area contributed by atoms with Crippen LogP contribution in [-0.4, -0.2) is 25.9 Å². The van der Waals surface area contributed by atoms with Crippen molar-refractivity contribution < 1.29 is 4.79 Å². The zero-order valence-corrected chi connectivity index (χ0v) is 13.9. The Morgan fingerprint density at radius 3 is 2.54 bits per heavy atom. The number of aromatic nitrogens is 3. The second kappa shape index (κ2) is 6.42. The first-order valence-electron chi connectivity index (χ1n) is 7.07. The van der Waals surface area contributed by atoms with Gasteiger partial charge in [0, 0.05) is 4.88 Å². The van der Waals surface area contributed by atoms with Crippen molar-refractivity contribution in [3.8, 4) is 0 Å². The SMILES string of the molecule is O=C1/C(=C\c2cccs2)S/C(=N\n2cnnc2)N1c1ccccc1. The number of nitrogens with zero attached hydrogens (tertiary/aromatic N) is 5. The van der Waals surface area contributed by atoms with E-state index in [0.717, 1.165) is 10.6 Å². The Labute approximate surface area is 146 Å². The van der Waals surface area contributed by atoms with Gasteiger partial charge in [-0.15, -0.1) is 26.6 Å². The van der Waals surface area contributed by atoms with Gasteiger partial charge in [-0.25, -0.2) is 4.68 Å². The van der Waals surface area contributed by atoms with Crippen LogP contribution in [-0.2, 0) is 4.79 Å². The number of anilines is 1. The second-order valence-corrected chi connectivity index (χ2v) is 6.82. The van der Waals surface area contributed by atoms with E-state index in [1.165, 1.54) is 29.1 Å². The van der Waals surface area contributed by atoms with E-state index in [2.05, 4.69) is 15.3 Å². The number of thiophene rings is 1. The number of rotatable bonds is 3. The highest BCUT2D eigenvalue weighted by atomic mass is 32.2. The number of amidine groups is 1. The summed E-state index contributed by atoms with van der Waals surface area (Å²) in [5, 5.41) is 14.5. The standard InChI is InChI=1S/C16H11N5OS2/c22-15-14(9-13-7-4-8-23-13)24-16(19-20-10-17-18-11-20)21(15)12-5-2-1-3-6-12/h1-11H/b14-9+,19-16-. The topological polar surface area (TPSA) is 63.4 Å². The van der Waals surface area contributed by atoms with Gasteiger partial charge in [0.15, 0.2) is 0 Å². The van der Waals surface area contributed by atoms with Gasteiger partial charge in [0.25, 0.3) is 5.91 Å². The van der Waals surface area contributed by atoms with Crippen LogP contribution in [0, 0.1) is 0 Å². The van der Waals surface area contributed by atoms with E-state index in [1.807, 2.05) is 53.9 Å². The highest BCUT2D eigenvalue weighted by Crippen LogP contribution is 2.36. The van der Waals surface area contributed by atoms with Gasteiger partial charge in [0.2, 0.25) is 5.17 Å². The quantitative estimate of drug-likeness (QED) is 0.678. The minimum absolute atomic E-state index is 0.0913. The molecule has 0 aliphatic carbocycles. The molecule has 1 aliphatic heterocycles. The molecule has 2 aromatic heterocycles. The molecule has 1 aromatic carbocycles. The largest absolute Gasteiger partial charge is 0.271 e. The Morgan fingerprint density at radius 2 is 1.83 bits per heavy atom. The summed E-state index contributed by atoms with van der Waals surface area (Å²) in [5.41, 5.74) is 0.774. The molecule has 3 aromatic rings. The summed E-state index contributed by atoms with van der Waals surface area (Å²) in [6.07, 6.45) is 4.87. The molecule has 0 bridgehead atoms. The van der Waals surface area contributed by atoms with Crippen LogP contribution in [0.25, 0.3) is 6.08 Å². The lowest BCUT2D eigenvalue weighted by Gasteiger charge is -2.14. The van der Waals surface area contributed by atoms with Crippen LogP contribution in [0.1, 0.15) is 4.88 Å². The summed E-state index contributed by atoms with van der Waals surface area (Å²) < 4.78 is 1.49. The summed E-state index contributed by atoms with van der Waals surface area (Å²) >= 11 is 2.93. The maximum Gasteiger partial charge on any atom is 0.271 e. The van der Waals surface area contributed by atoms with Gasteiger partial charge in [-0.1, -0.05) is 24.3 Å². The number of hydrogen-bond acceptors (Lipinski definition) is 6. The van der Waals surface area contributed by atoms with E-state index >= 15 is 0 Å². The highest BCUT2D eigenvalue weighted by molar-refractivity contribution is 8.19. The maximum atomic E-state index is 12.9. The third kappa shape index (κ3) is 2.89. The van der Waals surface area contributed by atoms with Gasteiger partial charge in [-0.3, -0.25) is 9.69 Å². The summed E-state index contributed by atoms with van der Waals surface area (Å²) in [7, 11) is 0. The first-order valence-corrected chi connectivity index (χ1v) is 8.77. The molecule has 118 valence electrons. The molecule has 0 unspecified atom stereocenters. The highest BCUT2D eigenvalue weighted by Gasteiger charge is 2.35. The molecule has 1 fully saturated rings. The van der Waals surface area contributed by atoms with Crippen LogP contribution < -0.4 is 4.90 Å². The van der Waals surface area contributed by atoms with Crippen LogP contribution in [0.4, 0.5) is 5.69 Å². The molecule has 0 saturated carbocycles. The van der Waals surface area contributed by atoms with Crippen LogP contribution in [0.3, 0.4) is 0 Å². The van der Waals surface area contributed by atoms with E-state index in [4.69, 9.17) is 0 Å². The Morgan fingerprint density at radius 1 is 1.04 bits per heavy atom. The second-order valence-electron chi connectivity index (χ2n) is 4.83. The molecule has 4 rings (SSSR count). The van der Waals surface area contributed by atoms with E-state index in [-0.39, 0.29) is 5.91 Å². The van der Waals surface area contributed by atoms with E-state index in [1.54, 1.807) is 16.2 Å². The summed E-state index contributed by atoms with van der Waals surface area (Å²) in [6, 6.07) is 13.4. The average molecular weight is 353 g/mol.